The monoisotopic (exact) mass is 288 g/mol. The zero-order valence-corrected chi connectivity index (χ0v) is 13.7. The molecule has 1 aromatic heterocycles. The minimum atomic E-state index is 0.107. The maximum Gasteiger partial charge on any atom is 0.224 e. The standard InChI is InChI=1S/C18H28N2O/c1-13-7-5-9-18(3,4)16(13)17(21)20-14(2)11-15-8-6-10-19-12-15/h6,8,10,12-14,16H,5,7,9,11H2,1-4H3,(H,20,21). The van der Waals surface area contributed by atoms with Gasteiger partial charge in [-0.3, -0.25) is 9.78 Å². The van der Waals surface area contributed by atoms with Crippen LogP contribution in [-0.4, -0.2) is 16.9 Å². The van der Waals surface area contributed by atoms with Crippen LogP contribution >= 0.6 is 0 Å². The summed E-state index contributed by atoms with van der Waals surface area (Å²) in [6.45, 7) is 8.76. The number of rotatable bonds is 4. The van der Waals surface area contributed by atoms with Crippen LogP contribution in [0.25, 0.3) is 0 Å². The van der Waals surface area contributed by atoms with E-state index in [0.717, 1.165) is 12.8 Å². The maximum atomic E-state index is 12.7. The van der Waals surface area contributed by atoms with Crippen molar-refractivity contribution in [2.24, 2.45) is 17.3 Å². The fourth-order valence-electron chi connectivity index (χ4n) is 3.84. The zero-order valence-electron chi connectivity index (χ0n) is 13.7. The van der Waals surface area contributed by atoms with Crippen molar-refractivity contribution in [3.63, 3.8) is 0 Å². The lowest BCUT2D eigenvalue weighted by Gasteiger charge is -2.42. The molecule has 116 valence electrons. The molecule has 0 bridgehead atoms. The van der Waals surface area contributed by atoms with Crippen LogP contribution in [0.2, 0.25) is 0 Å². The fourth-order valence-corrected chi connectivity index (χ4v) is 3.84. The van der Waals surface area contributed by atoms with E-state index in [-0.39, 0.29) is 23.3 Å². The van der Waals surface area contributed by atoms with Crippen LogP contribution in [0.4, 0.5) is 0 Å². The van der Waals surface area contributed by atoms with Crippen LogP contribution in [0.3, 0.4) is 0 Å². The molecule has 0 radical (unpaired) electrons. The molecule has 2 rings (SSSR count). The Morgan fingerprint density at radius 2 is 2.29 bits per heavy atom. The van der Waals surface area contributed by atoms with E-state index in [1.165, 1.54) is 18.4 Å². The molecule has 1 N–H and O–H groups in total. The molecule has 3 unspecified atom stereocenters. The second-order valence-electron chi connectivity index (χ2n) is 7.31. The Bertz CT molecular complexity index is 469. The Morgan fingerprint density at radius 3 is 2.90 bits per heavy atom. The molecular formula is C18H28N2O. The third kappa shape index (κ3) is 4.05. The largest absolute Gasteiger partial charge is 0.353 e. The highest BCUT2D eigenvalue weighted by Crippen LogP contribution is 2.43. The molecule has 0 saturated heterocycles. The van der Waals surface area contributed by atoms with Crippen LogP contribution in [0.15, 0.2) is 24.5 Å². The summed E-state index contributed by atoms with van der Waals surface area (Å²) >= 11 is 0. The van der Waals surface area contributed by atoms with Crippen molar-refractivity contribution in [1.29, 1.82) is 0 Å². The van der Waals surface area contributed by atoms with Gasteiger partial charge in [0.05, 0.1) is 0 Å². The molecule has 0 spiro atoms. The van der Waals surface area contributed by atoms with Gasteiger partial charge in [0.2, 0.25) is 5.91 Å². The first-order valence-electron chi connectivity index (χ1n) is 8.09. The molecule has 1 aliphatic carbocycles. The van der Waals surface area contributed by atoms with Gasteiger partial charge < -0.3 is 5.32 Å². The molecule has 1 fully saturated rings. The van der Waals surface area contributed by atoms with Crippen molar-refractivity contribution in [3.8, 4) is 0 Å². The highest BCUT2D eigenvalue weighted by atomic mass is 16.2. The molecule has 0 aliphatic heterocycles. The summed E-state index contributed by atoms with van der Waals surface area (Å²) in [6.07, 6.45) is 8.03. The van der Waals surface area contributed by atoms with Crippen molar-refractivity contribution >= 4 is 5.91 Å². The third-order valence-corrected chi connectivity index (χ3v) is 4.83. The lowest BCUT2D eigenvalue weighted by atomic mass is 9.64. The summed E-state index contributed by atoms with van der Waals surface area (Å²) in [5.74, 6) is 0.825. The Hall–Kier alpha value is -1.38. The van der Waals surface area contributed by atoms with Gasteiger partial charge in [-0.1, -0.05) is 33.3 Å². The van der Waals surface area contributed by atoms with E-state index in [1.54, 1.807) is 6.20 Å². The first kappa shape index (κ1) is 16.0. The lowest BCUT2D eigenvalue weighted by Crippen LogP contribution is -2.47. The quantitative estimate of drug-likeness (QED) is 0.920. The maximum absolute atomic E-state index is 12.7. The van der Waals surface area contributed by atoms with E-state index in [9.17, 15) is 4.79 Å². The van der Waals surface area contributed by atoms with Gasteiger partial charge in [-0.15, -0.1) is 0 Å². The molecule has 1 aromatic rings. The predicted molar refractivity (Wildman–Crippen MR) is 85.8 cm³/mol. The topological polar surface area (TPSA) is 42.0 Å². The van der Waals surface area contributed by atoms with Crippen LogP contribution in [0, 0.1) is 17.3 Å². The summed E-state index contributed by atoms with van der Waals surface area (Å²) in [4.78, 5) is 16.8. The molecule has 0 aromatic carbocycles. The Kier molecular flexibility index (Phi) is 5.02. The summed E-state index contributed by atoms with van der Waals surface area (Å²) in [5.41, 5.74) is 1.27. The summed E-state index contributed by atoms with van der Waals surface area (Å²) < 4.78 is 0. The Labute approximate surface area is 128 Å². The van der Waals surface area contributed by atoms with E-state index < -0.39 is 0 Å². The van der Waals surface area contributed by atoms with Crippen LogP contribution in [-0.2, 0) is 11.2 Å². The number of nitrogens with one attached hydrogen (secondary N) is 1. The van der Waals surface area contributed by atoms with Gasteiger partial charge in [0, 0.05) is 24.4 Å². The summed E-state index contributed by atoms with van der Waals surface area (Å²) in [7, 11) is 0. The number of carbonyl (C=O) groups excluding carboxylic acids is 1. The molecule has 3 heteroatoms. The molecule has 3 nitrogen and oxygen atoms in total. The third-order valence-electron chi connectivity index (χ3n) is 4.83. The normalized spacial score (nSPS) is 26.1. The first-order chi connectivity index (χ1) is 9.90. The smallest absolute Gasteiger partial charge is 0.224 e. The van der Waals surface area contributed by atoms with Crippen molar-refractivity contribution in [2.45, 2.75) is 59.4 Å². The number of aromatic nitrogens is 1. The molecule has 3 atom stereocenters. The SMILES string of the molecule is CC(Cc1cccnc1)NC(=O)C1C(C)CCCC1(C)C. The van der Waals surface area contributed by atoms with E-state index in [1.807, 2.05) is 12.3 Å². The van der Waals surface area contributed by atoms with Crippen LogP contribution in [0.5, 0.6) is 0 Å². The molecule has 1 saturated carbocycles. The van der Waals surface area contributed by atoms with Crippen molar-refractivity contribution in [1.82, 2.24) is 10.3 Å². The van der Waals surface area contributed by atoms with Crippen LogP contribution < -0.4 is 5.32 Å². The van der Waals surface area contributed by atoms with Gasteiger partial charge in [-0.25, -0.2) is 0 Å². The van der Waals surface area contributed by atoms with Crippen molar-refractivity contribution in [3.05, 3.63) is 30.1 Å². The first-order valence-corrected chi connectivity index (χ1v) is 8.09. The van der Waals surface area contributed by atoms with Crippen molar-refractivity contribution in [2.75, 3.05) is 0 Å². The molecule has 1 aliphatic rings. The minimum absolute atomic E-state index is 0.107. The number of pyridine rings is 1. The van der Waals surface area contributed by atoms with Gasteiger partial charge in [0.1, 0.15) is 0 Å². The van der Waals surface area contributed by atoms with E-state index >= 15 is 0 Å². The number of hydrogen-bond donors (Lipinski definition) is 1. The average Bonchev–Trinajstić information content (AvgIpc) is 2.38. The Balaban J connectivity index is 1.96. The lowest BCUT2D eigenvalue weighted by molar-refractivity contribution is -0.133. The highest BCUT2D eigenvalue weighted by Gasteiger charge is 2.41. The number of carbonyl (C=O) groups is 1. The van der Waals surface area contributed by atoms with Gasteiger partial charge in [0.25, 0.3) is 0 Å². The number of nitrogens with zero attached hydrogens (tertiary/aromatic N) is 1. The van der Waals surface area contributed by atoms with Gasteiger partial charge >= 0.3 is 0 Å². The summed E-state index contributed by atoms with van der Waals surface area (Å²) in [5, 5.41) is 3.22. The van der Waals surface area contributed by atoms with E-state index in [2.05, 4.69) is 44.1 Å². The summed E-state index contributed by atoms with van der Waals surface area (Å²) in [6, 6.07) is 4.14. The minimum Gasteiger partial charge on any atom is -0.353 e. The molecular weight excluding hydrogens is 260 g/mol. The molecule has 21 heavy (non-hydrogen) atoms. The zero-order chi connectivity index (χ0) is 15.5. The highest BCUT2D eigenvalue weighted by molar-refractivity contribution is 5.80. The number of amides is 1. The molecule has 1 heterocycles. The predicted octanol–water partition coefficient (Wildman–Crippen LogP) is 3.59. The van der Waals surface area contributed by atoms with E-state index in [0.29, 0.717) is 5.92 Å². The average molecular weight is 288 g/mol. The van der Waals surface area contributed by atoms with Gasteiger partial charge in [-0.2, -0.15) is 0 Å². The fraction of sp³-hybridized carbons (Fsp3) is 0.667. The van der Waals surface area contributed by atoms with Gasteiger partial charge in [-0.05, 0) is 49.1 Å². The Morgan fingerprint density at radius 1 is 1.52 bits per heavy atom. The van der Waals surface area contributed by atoms with Gasteiger partial charge in [0.15, 0.2) is 0 Å². The second kappa shape index (κ2) is 6.59. The molecule has 1 amide bonds. The van der Waals surface area contributed by atoms with E-state index in [4.69, 9.17) is 0 Å². The number of hydrogen-bond acceptors (Lipinski definition) is 2. The second-order valence-corrected chi connectivity index (χ2v) is 7.31. The van der Waals surface area contributed by atoms with Crippen molar-refractivity contribution < 1.29 is 4.79 Å². The van der Waals surface area contributed by atoms with Crippen LogP contribution in [0.1, 0.15) is 52.5 Å².